The summed E-state index contributed by atoms with van der Waals surface area (Å²) in [4.78, 5) is 47.0. The Balaban J connectivity index is 0.000000525. The van der Waals surface area contributed by atoms with E-state index in [0.29, 0.717) is 32.5 Å². The van der Waals surface area contributed by atoms with Gasteiger partial charge in [0.25, 0.3) is 0 Å². The van der Waals surface area contributed by atoms with Gasteiger partial charge in [-0.3, -0.25) is 25.3 Å². The number of nitrogens with zero attached hydrogens (tertiary/aromatic N) is 5. The number of aliphatic imine (C=N–C) groups is 1. The maximum atomic E-state index is 14.5. The molecule has 16 heteroatoms. The fourth-order valence-electron chi connectivity index (χ4n) is 6.83. The molecule has 3 amide bonds. The molecule has 2 aromatic carbocycles. The van der Waals surface area contributed by atoms with Crippen molar-refractivity contribution in [2.45, 2.75) is 63.0 Å². The number of allylic oxidation sites excluding steroid dienone is 1. The number of hydrogen-bond acceptors (Lipinski definition) is 9. The average molecular weight is 788 g/mol. The zero-order valence-corrected chi connectivity index (χ0v) is 32.6. The van der Waals surface area contributed by atoms with Gasteiger partial charge in [-0.05, 0) is 68.7 Å². The average Bonchev–Trinajstić information content (AvgIpc) is 3.58. The van der Waals surface area contributed by atoms with Crippen molar-refractivity contribution >= 4 is 39.1 Å². The van der Waals surface area contributed by atoms with Crippen molar-refractivity contribution in [3.05, 3.63) is 83.5 Å². The second kappa shape index (κ2) is 20.7. The van der Waals surface area contributed by atoms with Gasteiger partial charge in [0.15, 0.2) is 0 Å². The van der Waals surface area contributed by atoms with Crippen molar-refractivity contribution in [3.63, 3.8) is 0 Å². The summed E-state index contributed by atoms with van der Waals surface area (Å²) >= 11 is 0. The quantitative estimate of drug-likeness (QED) is 0.121. The summed E-state index contributed by atoms with van der Waals surface area (Å²) in [7, 11) is 4.54. The molecule has 0 aliphatic carbocycles. The molecule has 3 aliphatic heterocycles. The van der Waals surface area contributed by atoms with Crippen LogP contribution in [0.1, 0.15) is 55.3 Å². The number of rotatable bonds is 13. The van der Waals surface area contributed by atoms with E-state index in [4.69, 9.17) is 15.5 Å². The highest BCUT2D eigenvalue weighted by Crippen LogP contribution is 2.41. The minimum atomic E-state index is -4.60. The molecule has 55 heavy (non-hydrogen) atoms. The fraction of sp³-hybridized carbons (Fsp3) is 0.487. The molecule has 3 heterocycles. The number of alkyl halides is 3. The van der Waals surface area contributed by atoms with Crippen LogP contribution in [0.5, 0.6) is 5.75 Å². The Labute approximate surface area is 323 Å². The van der Waals surface area contributed by atoms with E-state index in [0.717, 1.165) is 80.3 Å². The number of likely N-dealkylation sites (tertiary alicyclic amines) is 1. The highest BCUT2D eigenvalue weighted by Gasteiger charge is 2.45. The maximum Gasteiger partial charge on any atom is 0.416 e. The van der Waals surface area contributed by atoms with Crippen molar-refractivity contribution in [2.24, 2.45) is 10.7 Å². The van der Waals surface area contributed by atoms with Gasteiger partial charge >= 0.3 is 12.2 Å². The molecule has 5 rings (SSSR count). The number of amides is 3. The Kier molecular flexibility index (Phi) is 16.4. The van der Waals surface area contributed by atoms with Crippen LogP contribution in [0.15, 0.2) is 71.8 Å². The van der Waals surface area contributed by atoms with Gasteiger partial charge in [0.2, 0.25) is 6.41 Å². The third-order valence-corrected chi connectivity index (χ3v) is 10.5. The van der Waals surface area contributed by atoms with E-state index < -0.39 is 29.9 Å². The number of ether oxygens (including phenoxy) is 1. The lowest BCUT2D eigenvalue weighted by Gasteiger charge is -2.38. The van der Waals surface area contributed by atoms with E-state index in [9.17, 15) is 32.7 Å². The number of aldehydes is 1. The molecule has 0 aromatic heterocycles. The molecule has 2 saturated heterocycles. The van der Waals surface area contributed by atoms with Crippen LogP contribution in [-0.4, -0.2) is 127 Å². The molecular weight excluding hydrogens is 734 g/mol. The van der Waals surface area contributed by atoms with Crippen LogP contribution in [0.2, 0.25) is 0 Å². The molecule has 12 nitrogen and oxygen atoms in total. The summed E-state index contributed by atoms with van der Waals surface area (Å²) in [6, 6.07) is 9.77. The molecular formula is C39H53F3N7O5P. The third-order valence-electron chi connectivity index (χ3n) is 10.1. The van der Waals surface area contributed by atoms with Crippen molar-refractivity contribution in [1.82, 2.24) is 24.9 Å². The molecule has 4 unspecified atom stereocenters. The Bertz CT molecular complexity index is 1660. The van der Waals surface area contributed by atoms with Crippen LogP contribution < -0.4 is 21.1 Å². The number of piperazine rings is 1. The van der Waals surface area contributed by atoms with Gasteiger partial charge in [-0.15, -0.1) is 15.8 Å². The number of carbonyl (C=O) groups excluding carboxylic acids is 3. The summed E-state index contributed by atoms with van der Waals surface area (Å²) in [6.45, 7) is 9.84. The van der Waals surface area contributed by atoms with Crippen LogP contribution in [0.4, 0.5) is 18.0 Å². The number of aliphatic hydroxyl groups excluding tert-OH is 1. The largest absolute Gasteiger partial charge is 0.478 e. The number of benzene rings is 2. The first kappa shape index (κ1) is 43.6. The van der Waals surface area contributed by atoms with Gasteiger partial charge in [0, 0.05) is 45.3 Å². The first-order chi connectivity index (χ1) is 26.3. The first-order valence-electron chi connectivity index (χ1n) is 18.4. The van der Waals surface area contributed by atoms with E-state index in [2.05, 4.69) is 21.1 Å². The van der Waals surface area contributed by atoms with Crippen LogP contribution in [0, 0.1) is 0 Å². The monoisotopic (exact) mass is 787 g/mol. The molecule has 4 atom stereocenters. The molecule has 2 aromatic rings. The number of urea groups is 1. The SMILES string of the molecule is C=CC(O)CC/C=C(\C)C1C(c2ccc(P)cc2)N=C(c2ccc(C(F)(F)F)cc2OCN)N1C(=O)N1CCC(NC)CC1.O=CCN1CCN(C=O)CC1. The molecule has 300 valence electrons. The Morgan fingerprint density at radius 1 is 1.11 bits per heavy atom. The fourth-order valence-corrected chi connectivity index (χ4v) is 7.02. The van der Waals surface area contributed by atoms with Crippen molar-refractivity contribution < 1.29 is 37.4 Å². The Morgan fingerprint density at radius 2 is 1.78 bits per heavy atom. The summed E-state index contributed by atoms with van der Waals surface area (Å²) in [5.74, 6) is 0.106. The number of aliphatic hydroxyl groups is 1. The summed E-state index contributed by atoms with van der Waals surface area (Å²) in [6.07, 6.45) is 2.45. The Morgan fingerprint density at radius 3 is 2.35 bits per heavy atom. The summed E-state index contributed by atoms with van der Waals surface area (Å²) in [5.41, 5.74) is 6.68. The van der Waals surface area contributed by atoms with Gasteiger partial charge in [-0.2, -0.15) is 13.2 Å². The summed E-state index contributed by atoms with van der Waals surface area (Å²) < 4.78 is 46.6. The van der Waals surface area contributed by atoms with Gasteiger partial charge in [-0.25, -0.2) is 4.79 Å². The van der Waals surface area contributed by atoms with E-state index in [-0.39, 0.29) is 36.0 Å². The van der Waals surface area contributed by atoms with Gasteiger partial charge in [0.1, 0.15) is 30.6 Å². The van der Waals surface area contributed by atoms with Crippen LogP contribution in [0.25, 0.3) is 0 Å². The second-order valence-corrected chi connectivity index (χ2v) is 14.3. The molecule has 0 spiro atoms. The van der Waals surface area contributed by atoms with Gasteiger partial charge in [-0.1, -0.05) is 42.0 Å². The minimum Gasteiger partial charge on any atom is -0.478 e. The topological polar surface area (TPSA) is 144 Å². The van der Waals surface area contributed by atoms with Crippen LogP contribution in [-0.2, 0) is 15.8 Å². The highest BCUT2D eigenvalue weighted by atomic mass is 31.0. The molecule has 0 bridgehead atoms. The molecule has 2 fully saturated rings. The molecule has 0 saturated carbocycles. The normalized spacial score (nSPS) is 20.3. The number of hydrogen-bond donors (Lipinski definition) is 3. The Hall–Kier alpha value is -4.14. The lowest BCUT2D eigenvalue weighted by Crippen LogP contribution is -2.53. The summed E-state index contributed by atoms with van der Waals surface area (Å²) in [5, 5.41) is 14.3. The van der Waals surface area contributed by atoms with Crippen LogP contribution >= 0.6 is 9.24 Å². The third kappa shape index (κ3) is 11.7. The number of nitrogens with one attached hydrogen (secondary N) is 1. The van der Waals surface area contributed by atoms with Gasteiger partial charge < -0.3 is 29.8 Å². The molecule has 3 aliphatic rings. The number of nitrogens with two attached hydrogens (primary N) is 1. The lowest BCUT2D eigenvalue weighted by molar-refractivity contribution is -0.137. The zero-order chi connectivity index (χ0) is 40.1. The standard InChI is InChI=1S/C32H41F3N5O3P.C7H12N2O2/c1-4-24(41)7-5-6-20(2)29-28(21-8-11-25(44)12-9-21)38-30(40(29)31(42)39-16-14-23(37-3)15-17-39)26-13-10-22(32(33,34)35)18-27(26)43-19-36;10-6-5-8-1-3-9(7-11)4-2-8/h4,6,8-13,18,23-24,28-29,37,41H,1,5,7,14-17,19,36,44H2,2-3H3;6-7H,1-5H2/b20-6+;. The molecule has 4 N–H and O–H groups in total. The number of amidine groups is 1. The van der Waals surface area contributed by atoms with Crippen molar-refractivity contribution in [2.75, 3.05) is 59.6 Å². The first-order valence-corrected chi connectivity index (χ1v) is 19.0. The van der Waals surface area contributed by atoms with Gasteiger partial charge in [0.05, 0.1) is 29.8 Å². The van der Waals surface area contributed by atoms with Crippen molar-refractivity contribution in [3.8, 4) is 5.75 Å². The number of piperidine rings is 1. The minimum absolute atomic E-state index is 0.108. The van der Waals surface area contributed by atoms with Crippen molar-refractivity contribution in [1.29, 1.82) is 0 Å². The predicted octanol–water partition coefficient (Wildman–Crippen LogP) is 3.71. The number of carbonyl (C=O) groups is 3. The zero-order valence-electron chi connectivity index (χ0n) is 31.5. The van der Waals surface area contributed by atoms with Crippen LogP contribution in [0.3, 0.4) is 0 Å². The van der Waals surface area contributed by atoms with E-state index in [1.165, 1.54) is 12.1 Å². The predicted molar refractivity (Wildman–Crippen MR) is 210 cm³/mol. The van der Waals surface area contributed by atoms with E-state index in [1.807, 2.05) is 49.2 Å². The molecule has 0 radical (unpaired) electrons. The maximum absolute atomic E-state index is 14.5. The number of halogens is 3. The van der Waals surface area contributed by atoms with E-state index in [1.54, 1.807) is 14.7 Å². The van der Waals surface area contributed by atoms with E-state index >= 15 is 0 Å². The highest BCUT2D eigenvalue weighted by molar-refractivity contribution is 7.27. The lowest BCUT2D eigenvalue weighted by atomic mass is 9.93. The second-order valence-electron chi connectivity index (χ2n) is 13.7. The smallest absolute Gasteiger partial charge is 0.416 e.